The maximum Gasteiger partial charge on any atom is 0.411 e. The van der Waals surface area contributed by atoms with Gasteiger partial charge >= 0.3 is 12.1 Å². The van der Waals surface area contributed by atoms with Crippen molar-refractivity contribution in [2.45, 2.75) is 51.2 Å². The molecule has 0 aliphatic heterocycles. The zero-order valence-electron chi connectivity index (χ0n) is 12.6. The lowest BCUT2D eigenvalue weighted by molar-refractivity contribution is -0.175. The van der Waals surface area contributed by atoms with Gasteiger partial charge in [0.05, 0.1) is 6.61 Å². The molecule has 0 aromatic carbocycles. The van der Waals surface area contributed by atoms with Crippen LogP contribution in [0.25, 0.3) is 0 Å². The molecule has 2 unspecified atom stereocenters. The normalized spacial score (nSPS) is 26.0. The smallest absolute Gasteiger partial charge is 0.411 e. The first-order valence-corrected chi connectivity index (χ1v) is 7.42. The molecule has 0 heterocycles. The van der Waals surface area contributed by atoms with Gasteiger partial charge in [0.25, 0.3) is 0 Å². The topological polar surface area (TPSA) is 47.6 Å². The Kier molecular flexibility index (Phi) is 6.93. The Labute approximate surface area is 123 Å². The van der Waals surface area contributed by atoms with Crippen LogP contribution in [0, 0.1) is 5.92 Å². The Morgan fingerprint density at radius 2 is 2.10 bits per heavy atom. The second-order valence-electron chi connectivity index (χ2n) is 5.27. The minimum absolute atomic E-state index is 0.00325. The van der Waals surface area contributed by atoms with Gasteiger partial charge in [-0.25, -0.2) is 0 Å². The predicted octanol–water partition coefficient (Wildman–Crippen LogP) is 2.67. The van der Waals surface area contributed by atoms with Gasteiger partial charge in [-0.2, -0.15) is 13.2 Å². The summed E-state index contributed by atoms with van der Waals surface area (Å²) in [6.45, 7) is 3.30. The summed E-state index contributed by atoms with van der Waals surface area (Å²) < 4.78 is 46.0. The van der Waals surface area contributed by atoms with Crippen LogP contribution in [0.2, 0.25) is 0 Å². The molecule has 0 radical (unpaired) electrons. The van der Waals surface area contributed by atoms with E-state index in [1.807, 2.05) is 6.92 Å². The lowest BCUT2D eigenvalue weighted by Crippen LogP contribution is -2.55. The van der Waals surface area contributed by atoms with Gasteiger partial charge in [0, 0.05) is 6.61 Å². The Balaban J connectivity index is 2.59. The Bertz CT molecular complexity index is 336. The second kappa shape index (κ2) is 7.98. The molecule has 1 rings (SSSR count). The van der Waals surface area contributed by atoms with Gasteiger partial charge < -0.3 is 14.8 Å². The van der Waals surface area contributed by atoms with Gasteiger partial charge in [-0.3, -0.25) is 4.79 Å². The number of alkyl halides is 3. The van der Waals surface area contributed by atoms with Crippen LogP contribution in [-0.4, -0.2) is 44.0 Å². The monoisotopic (exact) mass is 311 g/mol. The number of nitrogens with one attached hydrogen (secondary N) is 1. The highest BCUT2D eigenvalue weighted by molar-refractivity contribution is 5.81. The molecule has 1 aliphatic rings. The summed E-state index contributed by atoms with van der Waals surface area (Å²) in [4.78, 5) is 12.3. The molecule has 7 heteroatoms. The lowest BCUT2D eigenvalue weighted by Gasteiger charge is -2.34. The number of likely N-dealkylation sites (N-methyl/N-ethyl adjacent to an activating group) is 1. The second-order valence-corrected chi connectivity index (χ2v) is 5.27. The lowest BCUT2D eigenvalue weighted by atomic mass is 9.84. The standard InChI is InChI=1S/C14H24F3NO3/c1-3-18-13(12(19)21-4-2)8-5-6-11(13)7-9-20-10-14(15,16)17/h11,18H,3-10H2,1-2H3. The molecule has 1 fully saturated rings. The number of hydrogen-bond donors (Lipinski definition) is 1. The van der Waals surface area contributed by atoms with Crippen LogP contribution >= 0.6 is 0 Å². The van der Waals surface area contributed by atoms with Gasteiger partial charge in [0.15, 0.2) is 0 Å². The number of rotatable bonds is 8. The molecule has 1 aliphatic carbocycles. The van der Waals surface area contributed by atoms with E-state index in [0.29, 0.717) is 26.0 Å². The van der Waals surface area contributed by atoms with Crippen molar-refractivity contribution in [2.24, 2.45) is 5.92 Å². The number of carbonyl (C=O) groups excluding carboxylic acids is 1. The third-order valence-corrected chi connectivity index (χ3v) is 3.83. The molecule has 0 amide bonds. The van der Waals surface area contributed by atoms with Gasteiger partial charge in [0.2, 0.25) is 0 Å². The highest BCUT2D eigenvalue weighted by Gasteiger charge is 2.49. The average molecular weight is 311 g/mol. The van der Waals surface area contributed by atoms with E-state index in [9.17, 15) is 18.0 Å². The summed E-state index contributed by atoms with van der Waals surface area (Å²) >= 11 is 0. The average Bonchev–Trinajstić information content (AvgIpc) is 2.79. The molecule has 2 atom stereocenters. The SMILES string of the molecule is CCNC1(C(=O)OCC)CCCC1CCOCC(F)(F)F. The minimum atomic E-state index is -4.31. The van der Waals surface area contributed by atoms with E-state index in [1.165, 1.54) is 0 Å². The predicted molar refractivity (Wildman–Crippen MR) is 71.9 cm³/mol. The summed E-state index contributed by atoms with van der Waals surface area (Å²) in [7, 11) is 0. The van der Waals surface area contributed by atoms with Crippen LogP contribution in [0.15, 0.2) is 0 Å². The van der Waals surface area contributed by atoms with Crippen molar-refractivity contribution in [2.75, 3.05) is 26.4 Å². The number of halogens is 3. The first-order valence-electron chi connectivity index (χ1n) is 7.42. The van der Waals surface area contributed by atoms with Gasteiger partial charge in [-0.05, 0) is 38.6 Å². The minimum Gasteiger partial charge on any atom is -0.465 e. The highest BCUT2D eigenvalue weighted by Crippen LogP contribution is 2.39. The van der Waals surface area contributed by atoms with Crippen molar-refractivity contribution >= 4 is 5.97 Å². The summed E-state index contributed by atoms with van der Waals surface area (Å²) in [5.74, 6) is -0.352. The Hall–Kier alpha value is -0.820. The Morgan fingerprint density at radius 1 is 1.38 bits per heavy atom. The van der Waals surface area contributed by atoms with Crippen LogP contribution < -0.4 is 5.32 Å². The summed E-state index contributed by atoms with van der Waals surface area (Å²) in [5, 5.41) is 3.20. The molecule has 124 valence electrons. The quantitative estimate of drug-likeness (QED) is 0.553. The molecule has 4 nitrogen and oxygen atoms in total. The summed E-state index contributed by atoms with van der Waals surface area (Å²) in [6, 6.07) is 0. The molecule has 0 bridgehead atoms. The van der Waals surface area contributed by atoms with E-state index in [-0.39, 0.29) is 18.5 Å². The van der Waals surface area contributed by atoms with E-state index >= 15 is 0 Å². The molecule has 21 heavy (non-hydrogen) atoms. The maximum absolute atomic E-state index is 12.3. The first kappa shape index (κ1) is 18.2. The first-order chi connectivity index (χ1) is 9.85. The zero-order valence-corrected chi connectivity index (χ0v) is 12.6. The van der Waals surface area contributed by atoms with E-state index in [1.54, 1.807) is 6.92 Å². The summed E-state index contributed by atoms with van der Waals surface area (Å²) in [5.41, 5.74) is -0.771. The molecule has 0 aromatic heterocycles. The van der Waals surface area contributed by atoms with E-state index in [2.05, 4.69) is 10.1 Å². The highest BCUT2D eigenvalue weighted by atomic mass is 19.4. The number of esters is 1. The molecule has 0 saturated heterocycles. The summed E-state index contributed by atoms with van der Waals surface area (Å²) in [6.07, 6.45) is -1.59. The van der Waals surface area contributed by atoms with Crippen LogP contribution in [-0.2, 0) is 14.3 Å². The molecular weight excluding hydrogens is 287 g/mol. The fourth-order valence-electron chi connectivity index (χ4n) is 3.03. The fraction of sp³-hybridized carbons (Fsp3) is 0.929. The largest absolute Gasteiger partial charge is 0.465 e. The van der Waals surface area contributed by atoms with Crippen molar-refractivity contribution in [3.63, 3.8) is 0 Å². The van der Waals surface area contributed by atoms with Crippen molar-refractivity contribution < 1.29 is 27.4 Å². The van der Waals surface area contributed by atoms with Crippen molar-refractivity contribution in [1.29, 1.82) is 0 Å². The number of ether oxygens (including phenoxy) is 2. The van der Waals surface area contributed by atoms with E-state index < -0.39 is 18.3 Å². The van der Waals surface area contributed by atoms with Crippen molar-refractivity contribution in [3.8, 4) is 0 Å². The van der Waals surface area contributed by atoms with Gasteiger partial charge in [0.1, 0.15) is 12.1 Å². The molecule has 1 saturated carbocycles. The van der Waals surface area contributed by atoms with Crippen LogP contribution in [0.5, 0.6) is 0 Å². The molecule has 0 spiro atoms. The van der Waals surface area contributed by atoms with Crippen molar-refractivity contribution in [3.05, 3.63) is 0 Å². The van der Waals surface area contributed by atoms with Gasteiger partial charge in [-0.15, -0.1) is 0 Å². The molecule has 1 N–H and O–H groups in total. The molecule has 0 aromatic rings. The van der Waals surface area contributed by atoms with Crippen LogP contribution in [0.4, 0.5) is 13.2 Å². The zero-order chi connectivity index (χ0) is 15.9. The Morgan fingerprint density at radius 3 is 2.67 bits per heavy atom. The maximum atomic E-state index is 12.3. The van der Waals surface area contributed by atoms with E-state index in [4.69, 9.17) is 4.74 Å². The third-order valence-electron chi connectivity index (χ3n) is 3.83. The van der Waals surface area contributed by atoms with E-state index in [0.717, 1.165) is 12.8 Å². The number of carbonyl (C=O) groups is 1. The van der Waals surface area contributed by atoms with Gasteiger partial charge in [-0.1, -0.05) is 13.3 Å². The van der Waals surface area contributed by atoms with Crippen molar-refractivity contribution in [1.82, 2.24) is 5.32 Å². The van der Waals surface area contributed by atoms with Crippen LogP contribution in [0.1, 0.15) is 39.5 Å². The molecular formula is C14H24F3NO3. The number of hydrogen-bond acceptors (Lipinski definition) is 4. The fourth-order valence-corrected chi connectivity index (χ4v) is 3.03. The third kappa shape index (κ3) is 5.14. The van der Waals surface area contributed by atoms with Crippen LogP contribution in [0.3, 0.4) is 0 Å².